The lowest BCUT2D eigenvalue weighted by Gasteiger charge is -2.17. The first-order valence-corrected chi connectivity index (χ1v) is 11.6. The zero-order valence-electron chi connectivity index (χ0n) is 15.7. The summed E-state index contributed by atoms with van der Waals surface area (Å²) in [4.78, 5) is 5.57. The molecule has 0 aliphatic carbocycles. The number of aromatic nitrogens is 2. The molecular formula is C21H32N2S2. The molecular weight excluding hydrogens is 344 g/mol. The topological polar surface area (TPSA) is 17.8 Å². The second-order valence-corrected chi connectivity index (χ2v) is 9.18. The van der Waals surface area contributed by atoms with Crippen molar-refractivity contribution in [2.75, 3.05) is 11.5 Å². The molecule has 2 aromatic rings. The Hall–Kier alpha value is -0.870. The molecule has 138 valence electrons. The molecule has 0 saturated heterocycles. The minimum Gasteiger partial charge on any atom is -0.336 e. The van der Waals surface area contributed by atoms with E-state index in [0.29, 0.717) is 5.25 Å². The fraction of sp³-hybridized carbons (Fsp3) is 0.571. The van der Waals surface area contributed by atoms with Crippen LogP contribution in [0, 0.1) is 6.92 Å². The van der Waals surface area contributed by atoms with Gasteiger partial charge in [-0.1, -0.05) is 56.7 Å². The second-order valence-electron chi connectivity index (χ2n) is 6.66. The molecule has 0 radical (unpaired) electrons. The Labute approximate surface area is 162 Å². The highest BCUT2D eigenvalue weighted by Gasteiger charge is 2.12. The van der Waals surface area contributed by atoms with Crippen molar-refractivity contribution in [3.05, 3.63) is 48.5 Å². The zero-order valence-corrected chi connectivity index (χ0v) is 17.3. The van der Waals surface area contributed by atoms with Crippen LogP contribution in [0.1, 0.15) is 51.0 Å². The van der Waals surface area contributed by atoms with Crippen molar-refractivity contribution in [2.24, 2.45) is 0 Å². The zero-order chi connectivity index (χ0) is 17.7. The van der Waals surface area contributed by atoms with Crippen LogP contribution < -0.4 is 0 Å². The first-order valence-electron chi connectivity index (χ1n) is 9.54. The van der Waals surface area contributed by atoms with E-state index in [2.05, 4.69) is 65.6 Å². The highest BCUT2D eigenvalue weighted by atomic mass is 32.2. The standard InChI is InChI=1S/C21H32N2S2/c1-3-4-5-6-7-8-14-24-17-21(16-23-13-12-22-18-23)25-20-11-9-10-19(2)15-20/h9-13,15,18,21H,3-8,14,16-17H2,1-2H3. The highest BCUT2D eigenvalue weighted by molar-refractivity contribution is 8.03. The van der Waals surface area contributed by atoms with Crippen LogP contribution in [0.25, 0.3) is 0 Å². The van der Waals surface area contributed by atoms with Crippen LogP contribution in [0.4, 0.5) is 0 Å². The fourth-order valence-corrected chi connectivity index (χ4v) is 5.38. The number of imidazole rings is 1. The van der Waals surface area contributed by atoms with Crippen LogP contribution >= 0.6 is 23.5 Å². The first kappa shape index (κ1) is 20.4. The van der Waals surface area contributed by atoms with Crippen molar-refractivity contribution < 1.29 is 0 Å². The van der Waals surface area contributed by atoms with Crippen LogP contribution in [0.3, 0.4) is 0 Å². The van der Waals surface area contributed by atoms with Gasteiger partial charge >= 0.3 is 0 Å². The Bertz CT molecular complexity index is 569. The van der Waals surface area contributed by atoms with Gasteiger partial charge in [0.15, 0.2) is 0 Å². The molecule has 0 bridgehead atoms. The van der Waals surface area contributed by atoms with Crippen molar-refractivity contribution in [1.82, 2.24) is 9.55 Å². The van der Waals surface area contributed by atoms with Crippen molar-refractivity contribution >= 4 is 23.5 Å². The number of hydrogen-bond donors (Lipinski definition) is 0. The third kappa shape index (κ3) is 8.87. The van der Waals surface area contributed by atoms with Gasteiger partial charge in [-0.2, -0.15) is 11.8 Å². The number of hydrogen-bond acceptors (Lipinski definition) is 3. The van der Waals surface area contributed by atoms with E-state index in [0.717, 1.165) is 6.54 Å². The van der Waals surface area contributed by atoms with Gasteiger partial charge in [0.2, 0.25) is 0 Å². The number of benzene rings is 1. The van der Waals surface area contributed by atoms with Crippen LogP contribution in [0.15, 0.2) is 47.9 Å². The molecule has 1 aromatic carbocycles. The highest BCUT2D eigenvalue weighted by Crippen LogP contribution is 2.28. The quantitative estimate of drug-likeness (QED) is 0.296. The lowest BCUT2D eigenvalue weighted by atomic mass is 10.1. The van der Waals surface area contributed by atoms with Crippen molar-refractivity contribution in [1.29, 1.82) is 0 Å². The summed E-state index contributed by atoms with van der Waals surface area (Å²) in [6.07, 6.45) is 14.2. The molecule has 0 spiro atoms. The van der Waals surface area contributed by atoms with Gasteiger partial charge in [0, 0.05) is 34.8 Å². The van der Waals surface area contributed by atoms with E-state index in [1.165, 1.54) is 60.5 Å². The van der Waals surface area contributed by atoms with E-state index in [1.807, 2.05) is 24.3 Å². The van der Waals surface area contributed by atoms with Gasteiger partial charge in [-0.25, -0.2) is 4.98 Å². The summed E-state index contributed by atoms with van der Waals surface area (Å²) in [6, 6.07) is 8.86. The maximum Gasteiger partial charge on any atom is 0.0946 e. The van der Waals surface area contributed by atoms with E-state index in [1.54, 1.807) is 0 Å². The Morgan fingerprint density at radius 2 is 1.96 bits per heavy atom. The smallest absolute Gasteiger partial charge is 0.0946 e. The van der Waals surface area contributed by atoms with Gasteiger partial charge in [0.05, 0.1) is 6.33 Å². The molecule has 0 aliphatic heterocycles. The second kappa shape index (κ2) is 12.5. The number of aryl methyl sites for hydroxylation is 1. The number of nitrogens with zero attached hydrogens (tertiary/aromatic N) is 2. The largest absolute Gasteiger partial charge is 0.336 e. The molecule has 1 atom stereocenters. The number of unbranched alkanes of at least 4 members (excludes halogenated alkanes) is 5. The van der Waals surface area contributed by atoms with Crippen molar-refractivity contribution in [2.45, 2.75) is 69.1 Å². The Balaban J connectivity index is 1.74. The van der Waals surface area contributed by atoms with E-state index >= 15 is 0 Å². The van der Waals surface area contributed by atoms with Crippen LogP contribution in [0.2, 0.25) is 0 Å². The SMILES string of the molecule is CCCCCCCCSCC(Cn1ccnc1)Sc1cccc(C)c1. The summed E-state index contributed by atoms with van der Waals surface area (Å²) >= 11 is 4.12. The van der Waals surface area contributed by atoms with E-state index in [-0.39, 0.29) is 0 Å². The molecule has 0 amide bonds. The molecule has 0 fully saturated rings. The van der Waals surface area contributed by atoms with Gasteiger partial charge in [-0.3, -0.25) is 0 Å². The molecule has 1 unspecified atom stereocenters. The predicted octanol–water partition coefficient (Wildman–Crippen LogP) is 6.45. The summed E-state index contributed by atoms with van der Waals surface area (Å²) in [7, 11) is 0. The van der Waals surface area contributed by atoms with Crippen molar-refractivity contribution in [3.8, 4) is 0 Å². The van der Waals surface area contributed by atoms with Gasteiger partial charge in [-0.05, 0) is 31.2 Å². The monoisotopic (exact) mass is 376 g/mol. The minimum absolute atomic E-state index is 0.584. The normalized spacial score (nSPS) is 12.4. The van der Waals surface area contributed by atoms with E-state index in [9.17, 15) is 0 Å². The molecule has 1 aromatic heterocycles. The fourth-order valence-electron chi connectivity index (χ4n) is 2.83. The van der Waals surface area contributed by atoms with Crippen molar-refractivity contribution in [3.63, 3.8) is 0 Å². The Morgan fingerprint density at radius 1 is 1.12 bits per heavy atom. The van der Waals surface area contributed by atoms with E-state index in [4.69, 9.17) is 0 Å². The molecule has 25 heavy (non-hydrogen) atoms. The van der Waals surface area contributed by atoms with Gasteiger partial charge in [0.1, 0.15) is 0 Å². The van der Waals surface area contributed by atoms with Gasteiger partial charge < -0.3 is 4.57 Å². The molecule has 2 nitrogen and oxygen atoms in total. The predicted molar refractivity (Wildman–Crippen MR) is 114 cm³/mol. The summed E-state index contributed by atoms with van der Waals surface area (Å²) < 4.78 is 2.21. The third-order valence-electron chi connectivity index (χ3n) is 4.21. The van der Waals surface area contributed by atoms with E-state index < -0.39 is 0 Å². The van der Waals surface area contributed by atoms with Crippen LogP contribution in [-0.2, 0) is 6.54 Å². The summed E-state index contributed by atoms with van der Waals surface area (Å²) in [5, 5.41) is 0.584. The average molecular weight is 377 g/mol. The molecule has 2 rings (SSSR count). The summed E-state index contributed by atoms with van der Waals surface area (Å²) in [5.74, 6) is 2.49. The Kier molecular flexibility index (Phi) is 10.2. The number of thioether (sulfide) groups is 2. The van der Waals surface area contributed by atoms with Gasteiger partial charge in [-0.15, -0.1) is 11.8 Å². The number of rotatable bonds is 13. The molecule has 0 saturated carbocycles. The van der Waals surface area contributed by atoms with Crippen LogP contribution in [0.5, 0.6) is 0 Å². The third-order valence-corrected chi connectivity index (χ3v) is 6.81. The molecule has 0 N–H and O–H groups in total. The maximum absolute atomic E-state index is 4.19. The molecule has 0 aliphatic rings. The van der Waals surface area contributed by atoms with Crippen LogP contribution in [-0.4, -0.2) is 26.3 Å². The maximum atomic E-state index is 4.19. The lowest BCUT2D eigenvalue weighted by Crippen LogP contribution is -2.15. The minimum atomic E-state index is 0.584. The summed E-state index contributed by atoms with van der Waals surface area (Å²) in [5.41, 5.74) is 1.34. The lowest BCUT2D eigenvalue weighted by molar-refractivity contribution is 0.626. The summed E-state index contributed by atoms with van der Waals surface area (Å²) in [6.45, 7) is 5.48. The molecule has 4 heteroatoms. The first-order chi connectivity index (χ1) is 12.3. The Morgan fingerprint density at radius 3 is 2.72 bits per heavy atom. The average Bonchev–Trinajstić information content (AvgIpc) is 3.10. The van der Waals surface area contributed by atoms with Gasteiger partial charge in [0.25, 0.3) is 0 Å². The molecule has 1 heterocycles.